The Morgan fingerprint density at radius 3 is 2.94 bits per heavy atom. The van der Waals surface area contributed by atoms with Crippen LogP contribution in [0.2, 0.25) is 0 Å². The van der Waals surface area contributed by atoms with Gasteiger partial charge in [-0.2, -0.15) is 0 Å². The van der Waals surface area contributed by atoms with Gasteiger partial charge >= 0.3 is 0 Å². The summed E-state index contributed by atoms with van der Waals surface area (Å²) in [4.78, 5) is 13.5. The lowest BCUT2D eigenvalue weighted by Gasteiger charge is -2.21. The Morgan fingerprint density at radius 1 is 1.47 bits per heavy atom. The number of amides is 1. The van der Waals surface area contributed by atoms with E-state index in [1.54, 1.807) is 0 Å². The summed E-state index contributed by atoms with van der Waals surface area (Å²) in [5.41, 5.74) is 9.78. The van der Waals surface area contributed by atoms with Crippen molar-refractivity contribution in [1.82, 2.24) is 0 Å². The summed E-state index contributed by atoms with van der Waals surface area (Å²) >= 11 is 0. The summed E-state index contributed by atoms with van der Waals surface area (Å²) in [6.45, 7) is 1.05. The van der Waals surface area contributed by atoms with Crippen molar-refractivity contribution >= 4 is 23.0 Å². The molecule has 0 atom stereocenters. The van der Waals surface area contributed by atoms with E-state index in [0.717, 1.165) is 35.1 Å². The van der Waals surface area contributed by atoms with Crippen LogP contribution in [0.5, 0.6) is 0 Å². The van der Waals surface area contributed by atoms with Crippen LogP contribution in [0.25, 0.3) is 0 Å². The Labute approximate surface area is 101 Å². The van der Waals surface area contributed by atoms with Gasteiger partial charge < -0.3 is 16.0 Å². The van der Waals surface area contributed by atoms with E-state index in [4.69, 9.17) is 5.73 Å². The molecule has 17 heavy (non-hydrogen) atoms. The highest BCUT2D eigenvalue weighted by Crippen LogP contribution is 2.36. The number of carbonyl (C=O) groups excluding carboxylic acids is 1. The second-order valence-electron chi connectivity index (χ2n) is 5.12. The van der Waals surface area contributed by atoms with Gasteiger partial charge in [0.15, 0.2) is 0 Å². The molecule has 1 aromatic rings. The number of hydrogen-bond acceptors (Lipinski definition) is 3. The maximum Gasteiger partial charge on any atom is 0.228 e. The number of nitrogens with one attached hydrogen (secondary N) is 1. The summed E-state index contributed by atoms with van der Waals surface area (Å²) in [7, 11) is 2.06. The van der Waals surface area contributed by atoms with Gasteiger partial charge in [0.2, 0.25) is 5.91 Å². The van der Waals surface area contributed by atoms with Crippen LogP contribution in [0.15, 0.2) is 12.1 Å². The van der Waals surface area contributed by atoms with E-state index >= 15 is 0 Å². The third kappa shape index (κ3) is 1.95. The van der Waals surface area contributed by atoms with E-state index in [1.165, 1.54) is 12.8 Å². The summed E-state index contributed by atoms with van der Waals surface area (Å²) in [5, 5.41) is 2.87. The van der Waals surface area contributed by atoms with Crippen molar-refractivity contribution in [2.75, 3.05) is 29.5 Å². The van der Waals surface area contributed by atoms with Crippen molar-refractivity contribution < 1.29 is 4.79 Å². The van der Waals surface area contributed by atoms with Crippen molar-refractivity contribution in [3.05, 3.63) is 17.7 Å². The molecular weight excluding hydrogens is 214 g/mol. The standard InChI is InChI=1S/C13H17N3O/c1-16(7-8-2-3-8)12-6-11-9(4-10(12)14)5-13(17)15-11/h4,6,8H,2-3,5,7,14H2,1H3,(H,15,17). The first kappa shape index (κ1) is 10.4. The first-order valence-electron chi connectivity index (χ1n) is 6.07. The number of nitrogens with two attached hydrogens (primary N) is 1. The number of nitrogen functional groups attached to an aromatic ring is 1. The van der Waals surface area contributed by atoms with Gasteiger partial charge in [0.25, 0.3) is 0 Å². The Balaban J connectivity index is 1.89. The molecule has 0 aromatic heterocycles. The molecule has 0 bridgehead atoms. The quantitative estimate of drug-likeness (QED) is 0.777. The van der Waals surface area contributed by atoms with Crippen molar-refractivity contribution in [3.63, 3.8) is 0 Å². The zero-order valence-electron chi connectivity index (χ0n) is 9.99. The fourth-order valence-corrected chi connectivity index (χ4v) is 2.40. The Morgan fingerprint density at radius 2 is 2.24 bits per heavy atom. The Bertz CT molecular complexity index is 480. The molecule has 3 rings (SSSR count). The number of benzene rings is 1. The van der Waals surface area contributed by atoms with Crippen LogP contribution in [0.4, 0.5) is 17.1 Å². The molecule has 4 heteroatoms. The summed E-state index contributed by atoms with van der Waals surface area (Å²) in [5.74, 6) is 0.878. The number of anilines is 3. The minimum Gasteiger partial charge on any atom is -0.397 e. The predicted molar refractivity (Wildman–Crippen MR) is 69.2 cm³/mol. The first-order chi connectivity index (χ1) is 8.13. The van der Waals surface area contributed by atoms with Gasteiger partial charge in [0, 0.05) is 19.3 Å². The van der Waals surface area contributed by atoms with Crippen LogP contribution in [0.3, 0.4) is 0 Å². The smallest absolute Gasteiger partial charge is 0.228 e. The molecule has 1 amide bonds. The SMILES string of the molecule is CN(CC1CC1)c1cc2c(cc1N)CC(=O)N2. The molecule has 1 aromatic carbocycles. The molecule has 1 fully saturated rings. The van der Waals surface area contributed by atoms with E-state index in [-0.39, 0.29) is 5.91 Å². The van der Waals surface area contributed by atoms with E-state index in [1.807, 2.05) is 12.1 Å². The number of fused-ring (bicyclic) bond motifs is 1. The van der Waals surface area contributed by atoms with Crippen molar-refractivity contribution in [2.24, 2.45) is 5.92 Å². The van der Waals surface area contributed by atoms with Crippen LogP contribution in [-0.4, -0.2) is 19.5 Å². The largest absolute Gasteiger partial charge is 0.397 e. The van der Waals surface area contributed by atoms with Crippen LogP contribution < -0.4 is 16.0 Å². The Hall–Kier alpha value is -1.71. The molecule has 1 aliphatic heterocycles. The van der Waals surface area contributed by atoms with Gasteiger partial charge in [-0.3, -0.25) is 4.79 Å². The molecule has 1 aliphatic carbocycles. The fourth-order valence-electron chi connectivity index (χ4n) is 2.40. The highest BCUT2D eigenvalue weighted by atomic mass is 16.1. The summed E-state index contributed by atoms with van der Waals surface area (Å²) in [6.07, 6.45) is 3.10. The molecule has 0 unspecified atom stereocenters. The van der Waals surface area contributed by atoms with Crippen LogP contribution in [0, 0.1) is 5.92 Å². The second-order valence-corrected chi connectivity index (χ2v) is 5.12. The second kappa shape index (κ2) is 3.65. The van der Waals surface area contributed by atoms with E-state index < -0.39 is 0 Å². The summed E-state index contributed by atoms with van der Waals surface area (Å²) < 4.78 is 0. The zero-order valence-corrected chi connectivity index (χ0v) is 9.99. The minimum atomic E-state index is 0.0568. The maximum absolute atomic E-state index is 11.3. The number of carbonyl (C=O) groups is 1. The fraction of sp³-hybridized carbons (Fsp3) is 0.462. The lowest BCUT2D eigenvalue weighted by Crippen LogP contribution is -2.21. The molecule has 1 saturated carbocycles. The van der Waals surface area contributed by atoms with Crippen LogP contribution in [0.1, 0.15) is 18.4 Å². The van der Waals surface area contributed by atoms with Gasteiger partial charge in [-0.25, -0.2) is 0 Å². The van der Waals surface area contributed by atoms with Crippen molar-refractivity contribution in [1.29, 1.82) is 0 Å². The molecule has 0 radical (unpaired) electrons. The lowest BCUT2D eigenvalue weighted by molar-refractivity contribution is -0.115. The zero-order chi connectivity index (χ0) is 12.0. The Kier molecular flexibility index (Phi) is 2.24. The van der Waals surface area contributed by atoms with Gasteiger partial charge in [-0.1, -0.05) is 0 Å². The van der Waals surface area contributed by atoms with Crippen molar-refractivity contribution in [2.45, 2.75) is 19.3 Å². The van der Waals surface area contributed by atoms with Gasteiger partial charge in [0.05, 0.1) is 17.8 Å². The number of nitrogens with zero attached hydrogens (tertiary/aromatic N) is 1. The molecule has 4 nitrogen and oxygen atoms in total. The van der Waals surface area contributed by atoms with Crippen LogP contribution >= 0.6 is 0 Å². The first-order valence-corrected chi connectivity index (χ1v) is 6.07. The number of hydrogen-bond donors (Lipinski definition) is 2. The van der Waals surface area contributed by atoms with E-state index in [2.05, 4.69) is 17.3 Å². The molecule has 0 spiro atoms. The van der Waals surface area contributed by atoms with Crippen molar-refractivity contribution in [3.8, 4) is 0 Å². The minimum absolute atomic E-state index is 0.0568. The topological polar surface area (TPSA) is 58.4 Å². The monoisotopic (exact) mass is 231 g/mol. The highest BCUT2D eigenvalue weighted by Gasteiger charge is 2.25. The molecule has 0 saturated heterocycles. The van der Waals surface area contributed by atoms with Gasteiger partial charge in [0.1, 0.15) is 0 Å². The average molecular weight is 231 g/mol. The highest BCUT2D eigenvalue weighted by molar-refractivity contribution is 6.00. The molecule has 90 valence electrons. The summed E-state index contributed by atoms with van der Waals surface area (Å²) in [6, 6.07) is 3.92. The third-order valence-corrected chi connectivity index (χ3v) is 3.52. The average Bonchev–Trinajstić information content (AvgIpc) is 2.98. The molecule has 2 aliphatic rings. The molecular formula is C13H17N3O. The van der Waals surface area contributed by atoms with Gasteiger partial charge in [-0.05, 0) is 36.5 Å². The normalized spacial score (nSPS) is 17.8. The number of rotatable bonds is 3. The third-order valence-electron chi connectivity index (χ3n) is 3.52. The van der Waals surface area contributed by atoms with E-state index in [9.17, 15) is 4.79 Å². The van der Waals surface area contributed by atoms with Gasteiger partial charge in [-0.15, -0.1) is 0 Å². The molecule has 3 N–H and O–H groups in total. The van der Waals surface area contributed by atoms with Crippen LogP contribution in [-0.2, 0) is 11.2 Å². The van der Waals surface area contributed by atoms with E-state index in [0.29, 0.717) is 6.42 Å². The lowest BCUT2D eigenvalue weighted by atomic mass is 10.1. The maximum atomic E-state index is 11.3. The molecule has 1 heterocycles. The predicted octanol–water partition coefficient (Wildman–Crippen LogP) is 1.61.